The van der Waals surface area contributed by atoms with Crippen molar-refractivity contribution in [2.75, 3.05) is 0 Å². The summed E-state index contributed by atoms with van der Waals surface area (Å²) in [6.07, 6.45) is 6.77. The predicted molar refractivity (Wildman–Crippen MR) is 63.8 cm³/mol. The van der Waals surface area contributed by atoms with E-state index >= 15 is 0 Å². The summed E-state index contributed by atoms with van der Waals surface area (Å²) >= 11 is 0. The van der Waals surface area contributed by atoms with Crippen molar-refractivity contribution in [2.45, 2.75) is 39.2 Å². The van der Waals surface area contributed by atoms with Crippen molar-refractivity contribution >= 4 is 0 Å². The second-order valence-corrected chi connectivity index (χ2v) is 5.55. The molecule has 1 aliphatic rings. The van der Waals surface area contributed by atoms with Crippen molar-refractivity contribution < 1.29 is 5.11 Å². The maximum absolute atomic E-state index is 10.4. The third kappa shape index (κ3) is 2.29. The molecular weight excluding hydrogens is 200 g/mol. The van der Waals surface area contributed by atoms with Gasteiger partial charge in [-0.2, -0.15) is 0 Å². The number of nitrogens with zero attached hydrogens (tertiary/aromatic N) is 2. The van der Waals surface area contributed by atoms with Crippen molar-refractivity contribution in [3.05, 3.63) is 18.2 Å². The summed E-state index contributed by atoms with van der Waals surface area (Å²) in [5.41, 5.74) is 0.950. The zero-order valence-corrected chi connectivity index (χ0v) is 10.4. The fourth-order valence-electron chi connectivity index (χ4n) is 3.16. The third-order valence-electron chi connectivity index (χ3n) is 3.82. The quantitative estimate of drug-likeness (QED) is 0.835. The molecule has 90 valence electrons. The van der Waals surface area contributed by atoms with Gasteiger partial charge in [0.05, 0.1) is 24.3 Å². The predicted octanol–water partition coefficient (Wildman–Crippen LogP) is 2.53. The molecular formula is C13H22N2O. The highest BCUT2D eigenvalue weighted by atomic mass is 16.3. The molecule has 0 bridgehead atoms. The molecule has 3 atom stereocenters. The first kappa shape index (κ1) is 11.6. The molecule has 0 spiro atoms. The second-order valence-electron chi connectivity index (χ2n) is 5.55. The number of imidazole rings is 1. The van der Waals surface area contributed by atoms with Gasteiger partial charge >= 0.3 is 0 Å². The van der Waals surface area contributed by atoms with Crippen molar-refractivity contribution in [1.29, 1.82) is 0 Å². The van der Waals surface area contributed by atoms with Crippen LogP contribution in [0.15, 0.2) is 12.5 Å². The number of hydrogen-bond donors (Lipinski definition) is 1. The SMILES string of the molecule is CC1CC(C)CC(C(O)c2cncn2C)C1. The van der Waals surface area contributed by atoms with Gasteiger partial charge in [0.25, 0.3) is 0 Å². The summed E-state index contributed by atoms with van der Waals surface area (Å²) in [6, 6.07) is 0. The fraction of sp³-hybridized carbons (Fsp3) is 0.769. The molecule has 2 rings (SSSR count). The van der Waals surface area contributed by atoms with Crippen LogP contribution in [0.5, 0.6) is 0 Å². The van der Waals surface area contributed by atoms with Crippen LogP contribution in [0.3, 0.4) is 0 Å². The monoisotopic (exact) mass is 222 g/mol. The van der Waals surface area contributed by atoms with Crippen LogP contribution in [-0.2, 0) is 7.05 Å². The Labute approximate surface area is 97.5 Å². The topological polar surface area (TPSA) is 38.1 Å². The van der Waals surface area contributed by atoms with Crippen LogP contribution in [0.2, 0.25) is 0 Å². The fourth-order valence-corrected chi connectivity index (χ4v) is 3.16. The average Bonchev–Trinajstić information content (AvgIpc) is 2.62. The highest BCUT2D eigenvalue weighted by Gasteiger charge is 2.30. The van der Waals surface area contributed by atoms with Gasteiger partial charge in [0.1, 0.15) is 0 Å². The molecule has 3 unspecified atom stereocenters. The maximum atomic E-state index is 10.4. The van der Waals surface area contributed by atoms with Gasteiger partial charge in [0.15, 0.2) is 0 Å². The van der Waals surface area contributed by atoms with Gasteiger partial charge < -0.3 is 9.67 Å². The summed E-state index contributed by atoms with van der Waals surface area (Å²) in [7, 11) is 1.95. The Morgan fingerprint density at radius 1 is 1.31 bits per heavy atom. The van der Waals surface area contributed by atoms with E-state index in [2.05, 4.69) is 18.8 Å². The Hall–Kier alpha value is -0.830. The molecule has 1 aromatic heterocycles. The number of aliphatic hydroxyl groups excluding tert-OH is 1. The lowest BCUT2D eigenvalue weighted by molar-refractivity contribution is 0.0502. The van der Waals surface area contributed by atoms with Crippen molar-refractivity contribution in [1.82, 2.24) is 9.55 Å². The van der Waals surface area contributed by atoms with E-state index < -0.39 is 0 Å². The minimum absolute atomic E-state index is 0.349. The lowest BCUT2D eigenvalue weighted by Crippen LogP contribution is -2.25. The average molecular weight is 222 g/mol. The van der Waals surface area contributed by atoms with Crippen molar-refractivity contribution in [2.24, 2.45) is 24.8 Å². The van der Waals surface area contributed by atoms with E-state index in [0.717, 1.165) is 30.4 Å². The number of hydrogen-bond acceptors (Lipinski definition) is 2. The molecule has 16 heavy (non-hydrogen) atoms. The first-order valence-corrected chi connectivity index (χ1v) is 6.22. The van der Waals surface area contributed by atoms with Gasteiger partial charge in [-0.15, -0.1) is 0 Å². The lowest BCUT2D eigenvalue weighted by atomic mass is 9.74. The largest absolute Gasteiger partial charge is 0.387 e. The summed E-state index contributed by atoms with van der Waals surface area (Å²) in [5.74, 6) is 1.86. The van der Waals surface area contributed by atoms with Crippen LogP contribution in [0.25, 0.3) is 0 Å². The molecule has 0 saturated heterocycles. The van der Waals surface area contributed by atoms with Gasteiger partial charge in [0, 0.05) is 7.05 Å². The summed E-state index contributed by atoms with van der Waals surface area (Å²) in [5, 5.41) is 10.4. The number of aromatic nitrogens is 2. The molecule has 1 fully saturated rings. The zero-order valence-electron chi connectivity index (χ0n) is 10.4. The highest BCUT2D eigenvalue weighted by Crippen LogP contribution is 2.39. The molecule has 0 radical (unpaired) electrons. The molecule has 3 heteroatoms. The van der Waals surface area contributed by atoms with Gasteiger partial charge in [-0.05, 0) is 37.0 Å². The normalized spacial score (nSPS) is 32.6. The Kier molecular flexibility index (Phi) is 3.33. The smallest absolute Gasteiger partial charge is 0.0983 e. The minimum atomic E-state index is -0.349. The molecule has 3 nitrogen and oxygen atoms in total. The van der Waals surface area contributed by atoms with Crippen LogP contribution in [-0.4, -0.2) is 14.7 Å². The van der Waals surface area contributed by atoms with E-state index in [0.29, 0.717) is 5.92 Å². The summed E-state index contributed by atoms with van der Waals surface area (Å²) in [6.45, 7) is 4.58. The van der Waals surface area contributed by atoms with Crippen LogP contribution < -0.4 is 0 Å². The van der Waals surface area contributed by atoms with E-state index in [-0.39, 0.29) is 6.10 Å². The number of rotatable bonds is 2. The third-order valence-corrected chi connectivity index (χ3v) is 3.82. The number of aliphatic hydroxyl groups is 1. The van der Waals surface area contributed by atoms with E-state index in [1.54, 1.807) is 12.5 Å². The minimum Gasteiger partial charge on any atom is -0.387 e. The van der Waals surface area contributed by atoms with E-state index in [9.17, 15) is 5.11 Å². The Bertz CT molecular complexity index is 337. The van der Waals surface area contributed by atoms with Crippen molar-refractivity contribution in [3.8, 4) is 0 Å². The molecule has 1 aliphatic carbocycles. The van der Waals surface area contributed by atoms with Crippen LogP contribution in [0.4, 0.5) is 0 Å². The summed E-state index contributed by atoms with van der Waals surface area (Å²) < 4.78 is 1.93. The van der Waals surface area contributed by atoms with E-state index in [4.69, 9.17) is 0 Å². The second kappa shape index (κ2) is 4.58. The van der Waals surface area contributed by atoms with Gasteiger partial charge in [-0.1, -0.05) is 13.8 Å². The Balaban J connectivity index is 2.10. The molecule has 1 N–H and O–H groups in total. The number of aryl methyl sites for hydroxylation is 1. The van der Waals surface area contributed by atoms with Gasteiger partial charge in [-0.3, -0.25) is 0 Å². The Morgan fingerprint density at radius 2 is 1.94 bits per heavy atom. The van der Waals surface area contributed by atoms with Gasteiger partial charge in [-0.25, -0.2) is 4.98 Å². The first-order chi connectivity index (χ1) is 7.58. The highest BCUT2D eigenvalue weighted by molar-refractivity contribution is 5.04. The summed E-state index contributed by atoms with van der Waals surface area (Å²) in [4.78, 5) is 4.08. The standard InChI is InChI=1S/C13H22N2O/c1-9-4-10(2)6-11(5-9)13(16)12-7-14-8-15(12)3/h7-11,13,16H,4-6H2,1-3H3. The lowest BCUT2D eigenvalue weighted by Gasteiger charge is -2.34. The molecule has 1 heterocycles. The maximum Gasteiger partial charge on any atom is 0.0983 e. The molecule has 0 amide bonds. The van der Waals surface area contributed by atoms with Crippen LogP contribution in [0, 0.1) is 17.8 Å². The zero-order chi connectivity index (χ0) is 11.7. The van der Waals surface area contributed by atoms with Crippen LogP contribution >= 0.6 is 0 Å². The van der Waals surface area contributed by atoms with Gasteiger partial charge in [0.2, 0.25) is 0 Å². The van der Waals surface area contributed by atoms with E-state index in [1.807, 2.05) is 11.6 Å². The first-order valence-electron chi connectivity index (χ1n) is 6.22. The molecule has 0 aromatic carbocycles. The molecule has 1 saturated carbocycles. The Morgan fingerprint density at radius 3 is 2.44 bits per heavy atom. The molecule has 0 aliphatic heterocycles. The molecule has 1 aromatic rings. The van der Waals surface area contributed by atoms with Crippen LogP contribution in [0.1, 0.15) is 44.9 Å². The van der Waals surface area contributed by atoms with Crippen molar-refractivity contribution in [3.63, 3.8) is 0 Å². The van der Waals surface area contributed by atoms with E-state index in [1.165, 1.54) is 6.42 Å².